The van der Waals surface area contributed by atoms with Crippen LogP contribution in [0.1, 0.15) is 21.7 Å². The minimum absolute atomic E-state index is 0.00955. The SMILES string of the molecule is Cc1nc2cccc(Cl)c2cc1NC(=O)c1cnn(-c2cccc3c(=O)[nH]ccc23)c1C(F)(F)F. The number of nitrogens with one attached hydrogen (secondary N) is 2. The van der Waals surface area contributed by atoms with Crippen LogP contribution in [-0.2, 0) is 6.18 Å². The van der Waals surface area contributed by atoms with Gasteiger partial charge in [0.2, 0.25) is 0 Å². The van der Waals surface area contributed by atoms with Crippen molar-refractivity contribution in [3.63, 3.8) is 0 Å². The largest absolute Gasteiger partial charge is 0.434 e. The smallest absolute Gasteiger partial charge is 0.329 e. The first-order chi connectivity index (χ1) is 16.6. The van der Waals surface area contributed by atoms with Gasteiger partial charge in [0.15, 0.2) is 5.69 Å². The van der Waals surface area contributed by atoms with Crippen LogP contribution in [0.25, 0.3) is 27.4 Å². The number of H-pyrrole nitrogens is 1. The molecule has 0 aliphatic rings. The third-order valence-electron chi connectivity index (χ3n) is 5.55. The van der Waals surface area contributed by atoms with E-state index in [-0.39, 0.29) is 22.1 Å². The van der Waals surface area contributed by atoms with Crippen LogP contribution >= 0.6 is 11.6 Å². The van der Waals surface area contributed by atoms with Gasteiger partial charge in [-0.1, -0.05) is 23.7 Å². The number of anilines is 1. The molecule has 0 aliphatic carbocycles. The number of aromatic amines is 1. The summed E-state index contributed by atoms with van der Waals surface area (Å²) in [5.41, 5.74) is -1.19. The van der Waals surface area contributed by atoms with E-state index in [1.54, 1.807) is 31.2 Å². The number of aromatic nitrogens is 4. The van der Waals surface area contributed by atoms with Crippen molar-refractivity contribution in [1.82, 2.24) is 19.7 Å². The summed E-state index contributed by atoms with van der Waals surface area (Å²) in [5, 5.41) is 7.74. The zero-order valence-corrected chi connectivity index (χ0v) is 18.7. The monoisotopic (exact) mass is 497 g/mol. The Kier molecular flexibility index (Phi) is 5.32. The minimum Gasteiger partial charge on any atom is -0.329 e. The molecule has 0 fully saturated rings. The number of pyridine rings is 2. The molecule has 3 aromatic heterocycles. The molecule has 0 radical (unpaired) electrons. The van der Waals surface area contributed by atoms with Crippen molar-refractivity contribution < 1.29 is 18.0 Å². The fourth-order valence-electron chi connectivity index (χ4n) is 3.93. The molecule has 11 heteroatoms. The Morgan fingerprint density at radius 1 is 1.09 bits per heavy atom. The van der Waals surface area contributed by atoms with Crippen LogP contribution in [0.15, 0.2) is 65.7 Å². The number of hydrogen-bond acceptors (Lipinski definition) is 4. The Bertz CT molecular complexity index is 1690. The Hall–Kier alpha value is -4.18. The van der Waals surface area contributed by atoms with Gasteiger partial charge in [-0.15, -0.1) is 0 Å². The maximum atomic E-state index is 14.2. The van der Waals surface area contributed by atoms with Crippen molar-refractivity contribution in [3.05, 3.63) is 93.3 Å². The molecule has 0 atom stereocenters. The highest BCUT2D eigenvalue weighted by Crippen LogP contribution is 2.35. The van der Waals surface area contributed by atoms with Crippen molar-refractivity contribution in [2.24, 2.45) is 0 Å². The van der Waals surface area contributed by atoms with E-state index in [0.717, 1.165) is 6.20 Å². The van der Waals surface area contributed by atoms with Crippen LogP contribution in [0, 0.1) is 6.92 Å². The summed E-state index contributed by atoms with van der Waals surface area (Å²) in [6.07, 6.45) is -2.74. The fourth-order valence-corrected chi connectivity index (χ4v) is 4.16. The predicted molar refractivity (Wildman–Crippen MR) is 126 cm³/mol. The molecule has 0 bridgehead atoms. The van der Waals surface area contributed by atoms with Gasteiger partial charge in [0.05, 0.1) is 39.4 Å². The first-order valence-electron chi connectivity index (χ1n) is 10.3. The van der Waals surface area contributed by atoms with Gasteiger partial charge in [-0.05, 0) is 43.3 Å². The van der Waals surface area contributed by atoms with Crippen molar-refractivity contribution in [1.29, 1.82) is 0 Å². The number of carbonyl (C=O) groups is 1. The van der Waals surface area contributed by atoms with Crippen LogP contribution < -0.4 is 10.9 Å². The number of fused-ring (bicyclic) bond motifs is 2. The topological polar surface area (TPSA) is 92.7 Å². The summed E-state index contributed by atoms with van der Waals surface area (Å²) in [6.45, 7) is 1.62. The highest BCUT2D eigenvalue weighted by molar-refractivity contribution is 6.35. The van der Waals surface area contributed by atoms with Gasteiger partial charge in [0, 0.05) is 22.4 Å². The van der Waals surface area contributed by atoms with Crippen molar-refractivity contribution in [2.45, 2.75) is 13.1 Å². The standard InChI is InChI=1S/C24H15ClF3N5O2/c1-12-19(10-15-17(25)5-3-6-18(15)31-12)32-23(35)16-11-30-33(21(16)24(26,27)28)20-7-2-4-14-13(20)8-9-29-22(14)34/h2-11H,1H3,(H,29,34)(H,32,35). The summed E-state index contributed by atoms with van der Waals surface area (Å²) in [7, 11) is 0. The van der Waals surface area contributed by atoms with E-state index < -0.39 is 28.9 Å². The molecule has 0 saturated heterocycles. The zero-order chi connectivity index (χ0) is 24.9. The Morgan fingerprint density at radius 3 is 2.63 bits per heavy atom. The summed E-state index contributed by atoms with van der Waals surface area (Å²) >= 11 is 6.21. The van der Waals surface area contributed by atoms with Crippen LogP contribution in [0.5, 0.6) is 0 Å². The molecule has 2 N–H and O–H groups in total. The molecule has 35 heavy (non-hydrogen) atoms. The molecule has 0 spiro atoms. The summed E-state index contributed by atoms with van der Waals surface area (Å²) in [4.78, 5) is 32.0. The average Bonchev–Trinajstić information content (AvgIpc) is 3.26. The number of hydrogen-bond donors (Lipinski definition) is 2. The van der Waals surface area contributed by atoms with Crippen LogP contribution in [0.2, 0.25) is 5.02 Å². The Labute approximate surface area is 200 Å². The number of benzene rings is 2. The first kappa shape index (κ1) is 22.6. The van der Waals surface area contributed by atoms with Gasteiger partial charge in [-0.3, -0.25) is 14.6 Å². The molecule has 7 nitrogen and oxygen atoms in total. The van der Waals surface area contributed by atoms with Gasteiger partial charge in [0.1, 0.15) is 0 Å². The fraction of sp³-hybridized carbons (Fsp3) is 0.0833. The lowest BCUT2D eigenvalue weighted by Crippen LogP contribution is -2.21. The van der Waals surface area contributed by atoms with Gasteiger partial charge in [-0.25, -0.2) is 4.68 Å². The molecular weight excluding hydrogens is 483 g/mol. The van der Waals surface area contributed by atoms with Gasteiger partial charge in [-0.2, -0.15) is 18.3 Å². The average molecular weight is 498 g/mol. The molecule has 0 unspecified atom stereocenters. The highest BCUT2D eigenvalue weighted by Gasteiger charge is 2.41. The molecule has 3 heterocycles. The lowest BCUT2D eigenvalue weighted by molar-refractivity contribution is -0.143. The van der Waals surface area contributed by atoms with E-state index in [1.807, 2.05) is 0 Å². The maximum Gasteiger partial charge on any atom is 0.434 e. The minimum atomic E-state index is -4.92. The third kappa shape index (κ3) is 3.91. The lowest BCUT2D eigenvalue weighted by atomic mass is 10.1. The summed E-state index contributed by atoms with van der Waals surface area (Å²) in [5.74, 6) is -1.02. The molecule has 5 rings (SSSR count). The van der Waals surface area contributed by atoms with E-state index >= 15 is 0 Å². The second-order valence-corrected chi connectivity index (χ2v) is 8.15. The highest BCUT2D eigenvalue weighted by atomic mass is 35.5. The number of alkyl halides is 3. The van der Waals surface area contributed by atoms with Crippen molar-refractivity contribution in [3.8, 4) is 5.69 Å². The lowest BCUT2D eigenvalue weighted by Gasteiger charge is -2.15. The number of carbonyl (C=O) groups excluding carboxylic acids is 1. The molecule has 2 aromatic carbocycles. The predicted octanol–water partition coefficient (Wildman–Crippen LogP) is 5.49. The second kappa shape index (κ2) is 8.24. The molecule has 176 valence electrons. The van der Waals surface area contributed by atoms with Crippen LogP contribution in [-0.4, -0.2) is 25.7 Å². The van der Waals surface area contributed by atoms with Crippen molar-refractivity contribution in [2.75, 3.05) is 5.32 Å². The van der Waals surface area contributed by atoms with Crippen LogP contribution in [0.4, 0.5) is 18.9 Å². The van der Waals surface area contributed by atoms with E-state index in [0.29, 0.717) is 26.3 Å². The summed E-state index contributed by atoms with van der Waals surface area (Å²) < 4.78 is 43.2. The Balaban J connectivity index is 1.62. The quantitative estimate of drug-likeness (QED) is 0.344. The summed E-state index contributed by atoms with van der Waals surface area (Å²) in [6, 6.07) is 12.5. The zero-order valence-electron chi connectivity index (χ0n) is 17.9. The molecule has 5 aromatic rings. The molecule has 1 amide bonds. The number of amides is 1. The van der Waals surface area contributed by atoms with Gasteiger partial charge in [0.25, 0.3) is 11.5 Å². The van der Waals surface area contributed by atoms with E-state index in [2.05, 4.69) is 20.4 Å². The van der Waals surface area contributed by atoms with Gasteiger partial charge < -0.3 is 10.3 Å². The first-order valence-corrected chi connectivity index (χ1v) is 10.7. The van der Waals surface area contributed by atoms with E-state index in [1.165, 1.54) is 30.5 Å². The number of nitrogens with zero attached hydrogens (tertiary/aromatic N) is 3. The second-order valence-electron chi connectivity index (χ2n) is 7.74. The molecule has 0 aliphatic heterocycles. The molecular formula is C24H15ClF3N5O2. The molecule has 0 saturated carbocycles. The third-order valence-corrected chi connectivity index (χ3v) is 5.88. The maximum absolute atomic E-state index is 14.2. The number of aryl methyl sites for hydroxylation is 1. The number of rotatable bonds is 3. The number of halogens is 4. The van der Waals surface area contributed by atoms with Crippen molar-refractivity contribution >= 4 is 44.9 Å². The van der Waals surface area contributed by atoms with Gasteiger partial charge >= 0.3 is 6.18 Å². The van der Waals surface area contributed by atoms with E-state index in [9.17, 15) is 22.8 Å². The normalized spacial score (nSPS) is 11.8. The Morgan fingerprint density at radius 2 is 1.86 bits per heavy atom. The van der Waals surface area contributed by atoms with E-state index in [4.69, 9.17) is 11.6 Å². The van der Waals surface area contributed by atoms with Crippen LogP contribution in [0.3, 0.4) is 0 Å².